The zero-order chi connectivity index (χ0) is 29.0. The van der Waals surface area contributed by atoms with Crippen molar-refractivity contribution in [1.82, 2.24) is 0 Å². The van der Waals surface area contributed by atoms with Gasteiger partial charge in [-0.1, -0.05) is 40.7 Å². The lowest BCUT2D eigenvalue weighted by atomic mass is 9.49. The van der Waals surface area contributed by atoms with Crippen LogP contribution in [0, 0.1) is 28.6 Å². The Kier molecular flexibility index (Phi) is 11.8. The summed E-state index contributed by atoms with van der Waals surface area (Å²) in [6.45, 7) is 12.4. The van der Waals surface area contributed by atoms with Gasteiger partial charge in [-0.25, -0.2) is 0 Å². The first-order valence-corrected chi connectivity index (χ1v) is 24.8. The van der Waals surface area contributed by atoms with Crippen LogP contribution in [0.5, 0.6) is 0 Å². The molecule has 38 heavy (non-hydrogen) atoms. The molecule has 0 radical (unpaired) electrons. The van der Waals surface area contributed by atoms with E-state index in [1.165, 1.54) is 6.92 Å². The van der Waals surface area contributed by atoms with Crippen molar-refractivity contribution in [2.45, 2.75) is 97.4 Å². The van der Waals surface area contributed by atoms with E-state index in [2.05, 4.69) is 55.6 Å². The molecule has 1 aliphatic heterocycles. The number of esters is 1. The quantitative estimate of drug-likeness (QED) is 0.154. The lowest BCUT2D eigenvalue weighted by Crippen LogP contribution is -2.77. The second kappa shape index (κ2) is 12.9. The third-order valence-corrected chi connectivity index (χ3v) is 31.3. The van der Waals surface area contributed by atoms with Gasteiger partial charge >= 0.3 is 5.97 Å². The Morgan fingerprint density at radius 1 is 1.16 bits per heavy atom. The van der Waals surface area contributed by atoms with Crippen molar-refractivity contribution < 1.29 is 34.1 Å². The molecule has 2 aliphatic carbocycles. The Labute approximate surface area is 241 Å². The van der Waals surface area contributed by atoms with Crippen LogP contribution in [-0.2, 0) is 18.8 Å². The van der Waals surface area contributed by atoms with Crippen LogP contribution in [0.15, 0.2) is 11.6 Å². The van der Waals surface area contributed by atoms with E-state index in [-0.39, 0.29) is 18.4 Å². The third-order valence-electron chi connectivity index (χ3n) is 8.87. The first-order valence-electron chi connectivity index (χ1n) is 13.0. The number of rotatable bonds is 9. The van der Waals surface area contributed by atoms with E-state index in [0.29, 0.717) is 12.8 Å². The summed E-state index contributed by atoms with van der Waals surface area (Å²) < 4.78 is 19.1. The molecule has 0 aromatic heterocycles. The number of carbonyl (C=O) groups is 1. The van der Waals surface area contributed by atoms with Crippen molar-refractivity contribution in [2.75, 3.05) is 6.61 Å². The summed E-state index contributed by atoms with van der Waals surface area (Å²) in [4.78, 5) is 12.7. The molecular weight excluding hydrogens is 617 g/mol. The Balaban J connectivity index is 2.23. The maximum absolute atomic E-state index is 12.7. The molecule has 5 unspecified atom stereocenters. The van der Waals surface area contributed by atoms with Crippen LogP contribution < -0.4 is 0 Å². The smallest absolute Gasteiger partial charge is 0.302 e. The predicted octanol–water partition coefficient (Wildman–Crippen LogP) is 6.18. The number of hydrogen-bond acceptors (Lipinski definition) is 7. The highest BCUT2D eigenvalue weighted by molar-refractivity contribution is 8.96. The van der Waals surface area contributed by atoms with Crippen LogP contribution >= 0.6 is 57.2 Å². The minimum Gasteiger partial charge on any atom is -0.462 e. The highest BCUT2D eigenvalue weighted by Gasteiger charge is 2.71. The standard InChI is InChI=1S/C24H47O7P7/c1-12(2)21(27)23(7)17(31-36(37(32)33)38(34)35)9-18-24(28,11-29-18)20(23)19(30-14(4)25)15-8-16(26)13(3)10-22(15,5)6/h10,12,15-21,26-28H,8-9,11,32-35H2,1-7H3/t15?,16-,17-,18+,19+,20-,21+,23+,24-/m0/s1. The van der Waals surface area contributed by atoms with Crippen molar-refractivity contribution >= 4 is 63.2 Å². The van der Waals surface area contributed by atoms with Crippen molar-refractivity contribution in [1.29, 1.82) is 0 Å². The molecule has 14 heteroatoms. The molecule has 0 spiro atoms. The fraction of sp³-hybridized carbons (Fsp3) is 0.875. The van der Waals surface area contributed by atoms with Crippen molar-refractivity contribution in [3.05, 3.63) is 11.6 Å². The number of aliphatic hydroxyl groups excluding tert-OH is 2. The van der Waals surface area contributed by atoms with Gasteiger partial charge in [0.1, 0.15) is 11.7 Å². The van der Waals surface area contributed by atoms with E-state index in [9.17, 15) is 20.1 Å². The largest absolute Gasteiger partial charge is 0.462 e. The van der Waals surface area contributed by atoms with E-state index >= 15 is 0 Å². The summed E-state index contributed by atoms with van der Waals surface area (Å²) in [5, 5.41) is 35.1. The van der Waals surface area contributed by atoms with Gasteiger partial charge in [-0.05, 0) is 44.2 Å². The summed E-state index contributed by atoms with van der Waals surface area (Å²) in [5.41, 5.74) is -1.79. The molecule has 0 aromatic carbocycles. The first kappa shape index (κ1) is 34.5. The molecule has 1 saturated carbocycles. The number of ether oxygens (including phenoxy) is 2. The summed E-state index contributed by atoms with van der Waals surface area (Å²) >= 11 is 0. The highest BCUT2D eigenvalue weighted by Crippen LogP contribution is 2.98. The van der Waals surface area contributed by atoms with Gasteiger partial charge in [0.15, 0.2) is 0 Å². The fourth-order valence-electron chi connectivity index (χ4n) is 7.00. The molecule has 220 valence electrons. The normalized spacial score (nSPS) is 38.6. The van der Waals surface area contributed by atoms with E-state index in [1.807, 2.05) is 27.7 Å². The summed E-state index contributed by atoms with van der Waals surface area (Å²) in [6, 6.07) is 0. The van der Waals surface area contributed by atoms with Crippen molar-refractivity contribution in [2.24, 2.45) is 28.6 Å². The second-order valence-electron chi connectivity index (χ2n) is 12.3. The third kappa shape index (κ3) is 6.58. The molecule has 7 nitrogen and oxygen atoms in total. The van der Waals surface area contributed by atoms with E-state index in [0.717, 1.165) is 5.57 Å². The molecule has 0 bridgehead atoms. The maximum Gasteiger partial charge on any atom is 0.302 e. The Morgan fingerprint density at radius 3 is 2.18 bits per heavy atom. The average molecular weight is 664 g/mol. The summed E-state index contributed by atoms with van der Waals surface area (Å²) in [5.74, 6) is -1.54. The molecule has 2 fully saturated rings. The van der Waals surface area contributed by atoms with Crippen LogP contribution in [0.4, 0.5) is 0 Å². The molecule has 13 atom stereocenters. The monoisotopic (exact) mass is 664 g/mol. The Morgan fingerprint density at radius 2 is 1.74 bits per heavy atom. The fourth-order valence-corrected chi connectivity index (χ4v) is 39.9. The number of carbonyl (C=O) groups excluding carboxylic acids is 1. The lowest BCUT2D eigenvalue weighted by Gasteiger charge is -2.66. The molecule has 3 aliphatic rings. The molecule has 0 amide bonds. The minimum absolute atomic E-state index is 0.104. The van der Waals surface area contributed by atoms with Crippen molar-refractivity contribution in [3.63, 3.8) is 0 Å². The molecule has 1 saturated heterocycles. The van der Waals surface area contributed by atoms with Gasteiger partial charge in [-0.3, -0.25) is 4.79 Å². The summed E-state index contributed by atoms with van der Waals surface area (Å²) in [6.07, 6.45) is -0.300. The highest BCUT2D eigenvalue weighted by atomic mass is 33.0. The lowest BCUT2D eigenvalue weighted by molar-refractivity contribution is -0.346. The second-order valence-corrected chi connectivity index (χ2v) is 35.9. The zero-order valence-corrected chi connectivity index (χ0v) is 30.7. The van der Waals surface area contributed by atoms with Gasteiger partial charge in [-0.2, -0.15) is 0 Å². The molecule has 3 N–H and O–H groups in total. The van der Waals surface area contributed by atoms with Crippen molar-refractivity contribution in [3.8, 4) is 0 Å². The number of aliphatic hydroxyl groups is 3. The SMILES string of the molecule is CC(=O)O[C@H](C1C[C@H](O)C(C)=CC1(C)C)[C@@H]1[C@]2(O)CO[C@@H]2C[C@H](OP(P(P)P)P(P)P)[C@@]1(C)[C@H](O)C(C)C. The molecular formula is C24H47O7P7. The van der Waals surface area contributed by atoms with Gasteiger partial charge in [0, 0.05) is 30.6 Å². The van der Waals surface area contributed by atoms with Crippen LogP contribution in [0.2, 0.25) is 0 Å². The van der Waals surface area contributed by atoms with Gasteiger partial charge in [0.2, 0.25) is 0 Å². The zero-order valence-electron chi connectivity index (χ0n) is 23.4. The van der Waals surface area contributed by atoms with Gasteiger partial charge in [-0.15, -0.1) is 35.7 Å². The van der Waals surface area contributed by atoms with Gasteiger partial charge < -0.3 is 29.3 Å². The topological polar surface area (TPSA) is 105 Å². The number of fused-ring (bicyclic) bond motifs is 1. The van der Waals surface area contributed by atoms with Crippen LogP contribution in [-0.4, -0.2) is 64.0 Å². The number of allylic oxidation sites excluding steroid dienone is 1. The minimum atomic E-state index is -1.30. The predicted molar refractivity (Wildman–Crippen MR) is 173 cm³/mol. The van der Waals surface area contributed by atoms with Crippen LogP contribution in [0.3, 0.4) is 0 Å². The molecule has 1 heterocycles. The molecule has 0 aromatic rings. The molecule has 3 rings (SSSR count). The van der Waals surface area contributed by atoms with Crippen LogP contribution in [0.25, 0.3) is 0 Å². The Bertz CT molecular complexity index is 895. The van der Waals surface area contributed by atoms with Crippen LogP contribution in [0.1, 0.15) is 61.3 Å². The Hall–Kier alpha value is 2.02. The van der Waals surface area contributed by atoms with E-state index < -0.39 is 80.3 Å². The number of hydrogen-bond donors (Lipinski definition) is 3. The average Bonchev–Trinajstić information content (AvgIpc) is 2.77. The summed E-state index contributed by atoms with van der Waals surface area (Å²) in [7, 11) is 10.7. The van der Waals surface area contributed by atoms with Gasteiger partial charge in [0.25, 0.3) is 0 Å². The van der Waals surface area contributed by atoms with Gasteiger partial charge in [0.05, 0.1) is 38.5 Å². The van der Waals surface area contributed by atoms with E-state index in [4.69, 9.17) is 14.0 Å². The first-order chi connectivity index (χ1) is 17.4. The maximum atomic E-state index is 12.7. The van der Waals surface area contributed by atoms with E-state index in [1.54, 1.807) is 0 Å².